The minimum Gasteiger partial charge on any atom is -0.243 e. The van der Waals surface area contributed by atoms with E-state index in [0.29, 0.717) is 16.1 Å². The molecule has 0 unspecified atom stereocenters. The molecule has 1 aromatic rings. The van der Waals surface area contributed by atoms with Crippen molar-refractivity contribution in [1.29, 1.82) is 0 Å². The van der Waals surface area contributed by atoms with Gasteiger partial charge in [-0.25, -0.2) is 4.98 Å². The van der Waals surface area contributed by atoms with E-state index in [-0.39, 0.29) is 0 Å². The normalized spacial score (nSPS) is 32.9. The largest absolute Gasteiger partial charge is 0.243 e. The molecular weight excluding hydrogens is 313 g/mol. The summed E-state index contributed by atoms with van der Waals surface area (Å²) in [5, 5.41) is 1.02. The van der Waals surface area contributed by atoms with E-state index in [1.165, 1.54) is 63.4 Å². The number of rotatable bonds is 3. The molecular formula is C19H27Cl2N. The Labute approximate surface area is 144 Å². The van der Waals surface area contributed by atoms with Crippen LogP contribution in [0.15, 0.2) is 12.3 Å². The van der Waals surface area contributed by atoms with Gasteiger partial charge in [-0.2, -0.15) is 0 Å². The number of hydrogen-bond donors (Lipinski definition) is 0. The van der Waals surface area contributed by atoms with Crippen molar-refractivity contribution in [3.8, 4) is 0 Å². The van der Waals surface area contributed by atoms with Gasteiger partial charge in [0.15, 0.2) is 0 Å². The van der Waals surface area contributed by atoms with E-state index >= 15 is 0 Å². The molecule has 0 radical (unpaired) electrons. The standard InChI is InChI=1S/C19H27Cl2N/c1-2-13-3-5-14(6-4-13)15-7-9-16(10-8-15)17-11-18(20)19(21)22-12-17/h11-16H,2-10H2,1H3/t13-,14-,15-,16-. The van der Waals surface area contributed by atoms with Crippen LogP contribution < -0.4 is 0 Å². The maximum Gasteiger partial charge on any atom is 0.147 e. The number of hydrogen-bond acceptors (Lipinski definition) is 1. The van der Waals surface area contributed by atoms with Gasteiger partial charge < -0.3 is 0 Å². The molecule has 3 rings (SSSR count). The van der Waals surface area contributed by atoms with Crippen LogP contribution in [0.25, 0.3) is 0 Å². The third-order valence-electron chi connectivity index (χ3n) is 6.20. The number of nitrogens with zero attached hydrogens (tertiary/aromatic N) is 1. The van der Waals surface area contributed by atoms with Gasteiger partial charge in [0.05, 0.1) is 5.02 Å². The van der Waals surface area contributed by atoms with Crippen LogP contribution in [0.2, 0.25) is 10.2 Å². The van der Waals surface area contributed by atoms with Crippen molar-refractivity contribution >= 4 is 23.2 Å². The Morgan fingerprint density at radius 2 is 1.55 bits per heavy atom. The lowest BCUT2D eigenvalue weighted by molar-refractivity contribution is 0.158. The van der Waals surface area contributed by atoms with Crippen LogP contribution in [0.3, 0.4) is 0 Å². The van der Waals surface area contributed by atoms with Crippen LogP contribution >= 0.6 is 23.2 Å². The van der Waals surface area contributed by atoms with Crippen molar-refractivity contribution in [2.24, 2.45) is 17.8 Å². The van der Waals surface area contributed by atoms with Gasteiger partial charge in [0.25, 0.3) is 0 Å². The van der Waals surface area contributed by atoms with E-state index in [2.05, 4.69) is 11.9 Å². The van der Waals surface area contributed by atoms with Crippen molar-refractivity contribution < 1.29 is 0 Å². The molecule has 1 nitrogen and oxygen atoms in total. The summed E-state index contributed by atoms with van der Waals surface area (Å²) in [6, 6.07) is 2.02. The molecule has 22 heavy (non-hydrogen) atoms. The van der Waals surface area contributed by atoms with Crippen LogP contribution in [0.1, 0.15) is 76.2 Å². The van der Waals surface area contributed by atoms with Gasteiger partial charge in [0.1, 0.15) is 5.15 Å². The van der Waals surface area contributed by atoms with E-state index in [1.54, 1.807) is 0 Å². The van der Waals surface area contributed by atoms with Crippen LogP contribution in [-0.2, 0) is 0 Å². The molecule has 0 aromatic carbocycles. The Morgan fingerprint density at radius 3 is 2.09 bits per heavy atom. The quantitative estimate of drug-likeness (QED) is 0.547. The number of halogens is 2. The van der Waals surface area contributed by atoms with E-state index in [9.17, 15) is 0 Å². The second kappa shape index (κ2) is 7.53. The first-order valence-corrected chi connectivity index (χ1v) is 9.74. The topological polar surface area (TPSA) is 12.9 Å². The van der Waals surface area contributed by atoms with Crippen LogP contribution in [0.5, 0.6) is 0 Å². The van der Waals surface area contributed by atoms with Gasteiger partial charge in [-0.3, -0.25) is 0 Å². The molecule has 0 aliphatic heterocycles. The van der Waals surface area contributed by atoms with E-state index in [4.69, 9.17) is 23.2 Å². The molecule has 1 heterocycles. The van der Waals surface area contributed by atoms with Crippen molar-refractivity contribution in [1.82, 2.24) is 4.98 Å². The molecule has 2 fully saturated rings. The molecule has 122 valence electrons. The van der Waals surface area contributed by atoms with E-state index in [0.717, 1.165) is 17.8 Å². The predicted molar refractivity (Wildman–Crippen MR) is 94.7 cm³/mol. The zero-order valence-corrected chi connectivity index (χ0v) is 15.0. The second-order valence-corrected chi connectivity index (χ2v) is 8.11. The Kier molecular flexibility index (Phi) is 5.68. The molecule has 0 bridgehead atoms. The highest BCUT2D eigenvalue weighted by molar-refractivity contribution is 6.41. The lowest BCUT2D eigenvalue weighted by Gasteiger charge is -2.37. The smallest absolute Gasteiger partial charge is 0.147 e. The van der Waals surface area contributed by atoms with Crippen LogP contribution in [0.4, 0.5) is 0 Å². The maximum atomic E-state index is 6.12. The fraction of sp³-hybridized carbons (Fsp3) is 0.737. The maximum absolute atomic E-state index is 6.12. The van der Waals surface area contributed by atoms with Gasteiger partial charge in [-0.05, 0) is 73.8 Å². The molecule has 2 aliphatic rings. The highest BCUT2D eigenvalue weighted by Gasteiger charge is 2.31. The van der Waals surface area contributed by atoms with Gasteiger partial charge >= 0.3 is 0 Å². The third-order valence-corrected chi connectivity index (χ3v) is 6.88. The summed E-state index contributed by atoms with van der Waals surface area (Å²) in [5.74, 6) is 3.60. The predicted octanol–water partition coefficient (Wildman–Crippen LogP) is 6.88. The van der Waals surface area contributed by atoms with Gasteiger partial charge in [-0.15, -0.1) is 0 Å². The van der Waals surface area contributed by atoms with Crippen LogP contribution in [0, 0.1) is 17.8 Å². The zero-order valence-electron chi connectivity index (χ0n) is 13.5. The van der Waals surface area contributed by atoms with Crippen molar-refractivity contribution in [3.05, 3.63) is 28.0 Å². The molecule has 1 aromatic heterocycles. The monoisotopic (exact) mass is 339 g/mol. The van der Waals surface area contributed by atoms with Gasteiger partial charge in [0.2, 0.25) is 0 Å². The summed E-state index contributed by atoms with van der Waals surface area (Å²) in [6.07, 6.45) is 14.5. The van der Waals surface area contributed by atoms with Gasteiger partial charge in [0, 0.05) is 6.20 Å². The third kappa shape index (κ3) is 3.79. The fourth-order valence-electron chi connectivity index (χ4n) is 4.65. The summed E-state index contributed by atoms with van der Waals surface area (Å²) < 4.78 is 0. The minimum atomic E-state index is 0.423. The highest BCUT2D eigenvalue weighted by atomic mass is 35.5. The minimum absolute atomic E-state index is 0.423. The molecule has 3 heteroatoms. The SMILES string of the molecule is CC[C@H]1CC[C@H]([C@H]2CC[C@H](c3cnc(Cl)c(Cl)c3)CC2)CC1. The number of aromatic nitrogens is 1. The average molecular weight is 340 g/mol. The summed E-state index contributed by atoms with van der Waals surface area (Å²) in [6.45, 7) is 2.35. The first-order valence-electron chi connectivity index (χ1n) is 8.98. The van der Waals surface area contributed by atoms with Crippen LogP contribution in [-0.4, -0.2) is 4.98 Å². The summed E-state index contributed by atoms with van der Waals surface area (Å²) >= 11 is 12.0. The lowest BCUT2D eigenvalue weighted by Crippen LogP contribution is -2.25. The van der Waals surface area contributed by atoms with Crippen molar-refractivity contribution in [2.45, 2.75) is 70.6 Å². The Hall–Kier alpha value is -0.270. The second-order valence-electron chi connectivity index (χ2n) is 7.34. The van der Waals surface area contributed by atoms with E-state index in [1.807, 2.05) is 12.3 Å². The van der Waals surface area contributed by atoms with Crippen molar-refractivity contribution in [2.75, 3.05) is 0 Å². The Morgan fingerprint density at radius 1 is 0.955 bits per heavy atom. The van der Waals surface area contributed by atoms with E-state index < -0.39 is 0 Å². The lowest BCUT2D eigenvalue weighted by atomic mass is 9.68. The van der Waals surface area contributed by atoms with Crippen molar-refractivity contribution in [3.63, 3.8) is 0 Å². The molecule has 0 N–H and O–H groups in total. The molecule has 0 saturated heterocycles. The fourth-order valence-corrected chi connectivity index (χ4v) is 4.93. The highest BCUT2D eigenvalue weighted by Crippen LogP contribution is 2.44. The van der Waals surface area contributed by atoms with Gasteiger partial charge in [-0.1, -0.05) is 49.4 Å². The molecule has 0 amide bonds. The number of pyridine rings is 1. The summed E-state index contributed by atoms with van der Waals surface area (Å²) in [4.78, 5) is 4.21. The molecule has 2 saturated carbocycles. The zero-order chi connectivity index (χ0) is 15.5. The molecule has 0 spiro atoms. The molecule has 2 aliphatic carbocycles. The molecule has 0 atom stereocenters. The Bertz CT molecular complexity index is 486. The first-order chi connectivity index (χ1) is 10.7. The summed E-state index contributed by atoms with van der Waals surface area (Å²) in [7, 11) is 0. The Balaban J connectivity index is 1.53. The average Bonchev–Trinajstić information content (AvgIpc) is 2.58. The first kappa shape index (κ1) is 16.6. The summed E-state index contributed by atoms with van der Waals surface area (Å²) in [5.41, 5.74) is 1.28.